The van der Waals surface area contributed by atoms with Crippen molar-refractivity contribution in [2.24, 2.45) is 0 Å². The number of unbranched alkanes of at least 4 members (excludes halogenated alkanes) is 35. The second-order valence-electron chi connectivity index (χ2n) is 18.6. The van der Waals surface area contributed by atoms with Gasteiger partial charge >= 0.3 is 5.97 Å². The number of nitrogens with one attached hydrogen (secondary N) is 1. The fraction of sp³-hybridized carbons (Fsp3) is 0.857. The Balaban J connectivity index is 3.49. The van der Waals surface area contributed by atoms with Gasteiger partial charge < -0.3 is 20.3 Å². The molecule has 0 aliphatic rings. The molecule has 0 spiro atoms. The van der Waals surface area contributed by atoms with Crippen LogP contribution < -0.4 is 5.32 Å². The predicted octanol–water partition coefficient (Wildman–Crippen LogP) is 16.5. The van der Waals surface area contributed by atoms with Gasteiger partial charge in [-0.05, 0) is 70.6 Å². The fourth-order valence-electron chi connectivity index (χ4n) is 8.19. The van der Waals surface area contributed by atoms with Crippen molar-refractivity contribution in [2.75, 3.05) is 13.2 Å². The average molecular weight is 872 g/mol. The van der Waals surface area contributed by atoms with E-state index in [0.29, 0.717) is 19.4 Å². The molecule has 364 valence electrons. The molecule has 0 aromatic heterocycles. The molecular formula is C56H105NO5. The molecule has 0 saturated heterocycles. The van der Waals surface area contributed by atoms with Crippen LogP contribution in [-0.2, 0) is 14.3 Å². The molecule has 2 atom stereocenters. The van der Waals surface area contributed by atoms with Crippen molar-refractivity contribution in [3.8, 4) is 0 Å². The van der Waals surface area contributed by atoms with E-state index in [1.165, 1.54) is 173 Å². The zero-order valence-corrected chi connectivity index (χ0v) is 41.4. The molecular weight excluding hydrogens is 767 g/mol. The quantitative estimate of drug-likeness (QED) is 0.0321. The molecule has 0 heterocycles. The minimum atomic E-state index is -0.853. The van der Waals surface area contributed by atoms with Crippen LogP contribution in [0, 0.1) is 0 Å². The fourth-order valence-corrected chi connectivity index (χ4v) is 8.19. The molecule has 0 bridgehead atoms. The largest absolute Gasteiger partial charge is 0.466 e. The molecule has 0 aromatic carbocycles. The highest BCUT2D eigenvalue weighted by Gasteiger charge is 2.18. The number of hydrogen-bond donors (Lipinski definition) is 3. The lowest BCUT2D eigenvalue weighted by Crippen LogP contribution is -2.45. The van der Waals surface area contributed by atoms with E-state index in [1.807, 2.05) is 6.08 Å². The standard InChI is InChI=1S/C56H105NO5/c1-3-5-7-9-11-13-15-16-17-19-23-26-30-34-38-42-46-50-56(61)62-51-47-43-39-35-31-27-24-21-18-20-22-25-29-33-37-41-45-49-55(60)57-53(52-58)54(59)48-44-40-36-32-28-14-12-10-8-6-4-2/h18,21,27,31,44,48,53-54,58-59H,3-17,19-20,22-26,28-30,32-43,45-47,49-52H2,1-2H3,(H,57,60)/b21-18-,31-27-,48-44+. The summed E-state index contributed by atoms with van der Waals surface area (Å²) in [5, 5.41) is 23.0. The van der Waals surface area contributed by atoms with Gasteiger partial charge in [0.2, 0.25) is 5.91 Å². The predicted molar refractivity (Wildman–Crippen MR) is 269 cm³/mol. The Hall–Kier alpha value is -1.92. The highest BCUT2D eigenvalue weighted by Crippen LogP contribution is 2.16. The number of rotatable bonds is 50. The van der Waals surface area contributed by atoms with Crippen molar-refractivity contribution < 1.29 is 24.5 Å². The van der Waals surface area contributed by atoms with Gasteiger partial charge in [-0.3, -0.25) is 9.59 Å². The van der Waals surface area contributed by atoms with E-state index in [1.54, 1.807) is 6.08 Å². The maximum Gasteiger partial charge on any atom is 0.305 e. The molecule has 0 aliphatic heterocycles. The van der Waals surface area contributed by atoms with E-state index in [9.17, 15) is 19.8 Å². The first kappa shape index (κ1) is 60.1. The Bertz CT molecular complexity index is 1010. The molecule has 3 N–H and O–H groups in total. The van der Waals surface area contributed by atoms with E-state index >= 15 is 0 Å². The minimum absolute atomic E-state index is 0.0131. The van der Waals surface area contributed by atoms with E-state index in [-0.39, 0.29) is 18.5 Å². The second kappa shape index (κ2) is 51.7. The Morgan fingerprint density at radius 2 is 0.806 bits per heavy atom. The smallest absolute Gasteiger partial charge is 0.305 e. The highest BCUT2D eigenvalue weighted by molar-refractivity contribution is 5.76. The van der Waals surface area contributed by atoms with Crippen LogP contribution in [0.25, 0.3) is 0 Å². The summed E-state index contributed by atoms with van der Waals surface area (Å²) < 4.78 is 5.46. The van der Waals surface area contributed by atoms with Crippen molar-refractivity contribution >= 4 is 11.9 Å². The molecule has 0 rings (SSSR count). The van der Waals surface area contributed by atoms with Gasteiger partial charge in [0.15, 0.2) is 0 Å². The van der Waals surface area contributed by atoms with E-state index in [0.717, 1.165) is 83.5 Å². The third-order valence-corrected chi connectivity index (χ3v) is 12.4. The molecule has 2 unspecified atom stereocenters. The molecule has 0 aromatic rings. The summed E-state index contributed by atoms with van der Waals surface area (Å²) in [6.45, 7) is 4.85. The first-order chi connectivity index (χ1) is 30.5. The Morgan fingerprint density at radius 1 is 0.452 bits per heavy atom. The third-order valence-electron chi connectivity index (χ3n) is 12.4. The van der Waals surface area contributed by atoms with Crippen LogP contribution in [-0.4, -0.2) is 47.4 Å². The maximum absolute atomic E-state index is 12.4. The zero-order valence-electron chi connectivity index (χ0n) is 41.4. The van der Waals surface area contributed by atoms with Gasteiger partial charge in [0.1, 0.15) is 0 Å². The second-order valence-corrected chi connectivity index (χ2v) is 18.6. The summed E-state index contributed by atoms with van der Waals surface area (Å²) in [6, 6.07) is -0.638. The normalized spacial score (nSPS) is 12.9. The van der Waals surface area contributed by atoms with Gasteiger partial charge in [-0.25, -0.2) is 0 Å². The number of ether oxygens (including phenoxy) is 1. The molecule has 6 heteroatoms. The lowest BCUT2D eigenvalue weighted by molar-refractivity contribution is -0.143. The Kier molecular flexibility index (Phi) is 50.1. The van der Waals surface area contributed by atoms with Crippen molar-refractivity contribution in [3.05, 3.63) is 36.5 Å². The first-order valence-corrected chi connectivity index (χ1v) is 27.3. The zero-order chi connectivity index (χ0) is 45.1. The van der Waals surface area contributed by atoms with Crippen LogP contribution >= 0.6 is 0 Å². The van der Waals surface area contributed by atoms with Crippen molar-refractivity contribution in [1.29, 1.82) is 0 Å². The number of hydrogen-bond acceptors (Lipinski definition) is 5. The molecule has 0 saturated carbocycles. The summed E-state index contributed by atoms with van der Waals surface area (Å²) >= 11 is 0. The summed E-state index contributed by atoms with van der Waals surface area (Å²) in [4.78, 5) is 24.4. The van der Waals surface area contributed by atoms with Gasteiger partial charge in [-0.2, -0.15) is 0 Å². The van der Waals surface area contributed by atoms with E-state index in [4.69, 9.17) is 4.74 Å². The van der Waals surface area contributed by atoms with Crippen molar-refractivity contribution in [2.45, 2.75) is 296 Å². The van der Waals surface area contributed by atoms with Crippen LogP contribution in [0.4, 0.5) is 0 Å². The number of allylic oxidation sites excluding steroid dienone is 5. The van der Waals surface area contributed by atoms with Crippen LogP contribution in [0.15, 0.2) is 36.5 Å². The summed E-state index contributed by atoms with van der Waals surface area (Å²) in [5.74, 6) is -0.0989. The SMILES string of the molecule is CCCCCCCCCCC/C=C/C(O)C(CO)NC(=O)CCCCCCCCC/C=C\C/C=C\CCCCCOC(=O)CCCCCCCCCCCCCCCCCCC. The number of esters is 1. The van der Waals surface area contributed by atoms with Crippen molar-refractivity contribution in [1.82, 2.24) is 5.32 Å². The minimum Gasteiger partial charge on any atom is -0.466 e. The Morgan fingerprint density at radius 3 is 1.23 bits per heavy atom. The molecule has 1 amide bonds. The van der Waals surface area contributed by atoms with Crippen LogP contribution in [0.3, 0.4) is 0 Å². The van der Waals surface area contributed by atoms with E-state index in [2.05, 4.69) is 43.5 Å². The molecule has 0 aliphatic carbocycles. The molecule has 62 heavy (non-hydrogen) atoms. The molecule has 0 radical (unpaired) electrons. The van der Waals surface area contributed by atoms with Crippen molar-refractivity contribution in [3.63, 3.8) is 0 Å². The van der Waals surface area contributed by atoms with Gasteiger partial charge in [0, 0.05) is 12.8 Å². The first-order valence-electron chi connectivity index (χ1n) is 27.3. The number of aliphatic hydroxyl groups is 2. The monoisotopic (exact) mass is 872 g/mol. The summed E-state index contributed by atoms with van der Waals surface area (Å²) in [6.07, 6.45) is 63.0. The van der Waals surface area contributed by atoms with Crippen LogP contribution in [0.5, 0.6) is 0 Å². The van der Waals surface area contributed by atoms with Crippen LogP contribution in [0.1, 0.15) is 284 Å². The van der Waals surface area contributed by atoms with Gasteiger partial charge in [-0.15, -0.1) is 0 Å². The van der Waals surface area contributed by atoms with Gasteiger partial charge in [0.05, 0.1) is 25.4 Å². The summed E-state index contributed by atoms with van der Waals surface area (Å²) in [7, 11) is 0. The molecule has 0 fully saturated rings. The summed E-state index contributed by atoms with van der Waals surface area (Å²) in [5.41, 5.74) is 0. The highest BCUT2D eigenvalue weighted by atomic mass is 16.5. The molecule has 6 nitrogen and oxygen atoms in total. The Labute approximate surface area is 385 Å². The van der Waals surface area contributed by atoms with Crippen LogP contribution in [0.2, 0.25) is 0 Å². The maximum atomic E-state index is 12.4. The van der Waals surface area contributed by atoms with Gasteiger partial charge in [-0.1, -0.05) is 237 Å². The topological polar surface area (TPSA) is 95.9 Å². The number of amides is 1. The number of carbonyl (C=O) groups excluding carboxylic acids is 2. The lowest BCUT2D eigenvalue weighted by Gasteiger charge is -2.20. The lowest BCUT2D eigenvalue weighted by atomic mass is 10.0. The van der Waals surface area contributed by atoms with E-state index < -0.39 is 12.1 Å². The third kappa shape index (κ3) is 47.6. The number of aliphatic hydroxyl groups excluding tert-OH is 2. The number of carbonyl (C=O) groups is 2. The van der Waals surface area contributed by atoms with Gasteiger partial charge in [0.25, 0.3) is 0 Å². The average Bonchev–Trinajstić information content (AvgIpc) is 3.27.